The van der Waals surface area contributed by atoms with E-state index in [0.29, 0.717) is 140 Å². The molecule has 0 saturated carbocycles. The Balaban J connectivity index is 0.694. The maximum absolute atomic E-state index is 6.97. The van der Waals surface area contributed by atoms with E-state index in [1.165, 1.54) is 5.56 Å². The van der Waals surface area contributed by atoms with Crippen LogP contribution in [-0.2, 0) is 106 Å². The summed E-state index contributed by atoms with van der Waals surface area (Å²) in [6.07, 6.45) is 0. The maximum atomic E-state index is 6.97. The predicted octanol–water partition coefficient (Wildman–Crippen LogP) is 24.1. The first kappa shape index (κ1) is 85.3. The molecule has 0 heterocycles. The van der Waals surface area contributed by atoms with Gasteiger partial charge in [-0.25, -0.2) is 0 Å². The third kappa shape index (κ3) is 27.8. The molecule has 0 saturated heterocycles. The van der Waals surface area contributed by atoms with Gasteiger partial charge in [0.1, 0.15) is 186 Å². The Morgan fingerprint density at radius 3 is 0.362 bits per heavy atom. The van der Waals surface area contributed by atoms with Gasteiger partial charge in [-0.2, -0.15) is 0 Å². The minimum Gasteiger partial charge on any atom is -0.489 e. The van der Waals surface area contributed by atoms with Crippen molar-refractivity contribution in [3.63, 3.8) is 0 Å². The van der Waals surface area contributed by atoms with Crippen LogP contribution < -0.4 is 71.6 Å². The van der Waals surface area contributed by atoms with Crippen molar-refractivity contribution in [2.45, 2.75) is 106 Å². The standard InChI is InChI=1S/C112H99NO14/c1-10-28-83(29-11-1)67-113-68-92-46-99(122-77-97-56-109(124-79-93-48-101(114-69-84-30-12-2-13-31-84)61-102(49-93)115-70-85-32-14-3-15-33-85)65-110(57-97)125-80-94-50-103(116-71-86-34-16-4-17-35-86)62-104(51-94)117-72-87-36-18-5-19-37-87)60-100(47-92)123-78-98-58-111(126-81-95-52-105(118-73-88-38-20-6-21-39-88)63-106(53-95)119-74-89-40-22-7-23-41-89)66-112(59-98)127-82-96-54-107(120-75-90-42-24-8-25-43-90)64-108(55-96)121-76-91-44-26-9-27-45-91/h1-66,113H,67-82H2/p+1. The fourth-order valence-electron chi connectivity index (χ4n) is 14.1. The molecule has 15 nitrogen and oxygen atoms in total. The van der Waals surface area contributed by atoms with E-state index in [1.54, 1.807) is 0 Å². The molecular weight excluding hydrogens is 1580 g/mol. The van der Waals surface area contributed by atoms with Gasteiger partial charge in [-0.3, -0.25) is 0 Å². The zero-order chi connectivity index (χ0) is 85.9. The van der Waals surface area contributed by atoms with Crippen molar-refractivity contribution in [2.75, 3.05) is 0 Å². The van der Waals surface area contributed by atoms with E-state index in [9.17, 15) is 0 Å². The Morgan fingerprint density at radius 1 is 0.110 bits per heavy atom. The summed E-state index contributed by atoms with van der Waals surface area (Å²) in [5.74, 6) is 8.51. The average Bonchev–Trinajstić information content (AvgIpc) is 0.857. The monoisotopic (exact) mass is 1680 g/mol. The number of ether oxygens (including phenoxy) is 14. The number of nitrogens with two attached hydrogens (primary N) is 1. The molecule has 15 heteroatoms. The van der Waals surface area contributed by atoms with Crippen molar-refractivity contribution in [1.29, 1.82) is 0 Å². The first-order chi connectivity index (χ1) is 62.7. The highest BCUT2D eigenvalue weighted by molar-refractivity contribution is 5.47. The van der Waals surface area contributed by atoms with Gasteiger partial charge in [0, 0.05) is 53.6 Å². The van der Waals surface area contributed by atoms with E-state index in [0.717, 1.165) is 90.0 Å². The largest absolute Gasteiger partial charge is 0.489 e. The van der Waals surface area contributed by atoms with Crippen LogP contribution in [0.4, 0.5) is 0 Å². The van der Waals surface area contributed by atoms with Crippen molar-refractivity contribution < 1.29 is 71.6 Å². The molecule has 16 aromatic rings. The Kier molecular flexibility index (Phi) is 30.3. The highest BCUT2D eigenvalue weighted by Crippen LogP contribution is 2.36. The second-order valence-corrected chi connectivity index (χ2v) is 30.8. The van der Waals surface area contributed by atoms with Crippen molar-refractivity contribution in [2.24, 2.45) is 0 Å². The highest BCUT2D eigenvalue weighted by Gasteiger charge is 2.17. The van der Waals surface area contributed by atoms with Crippen LogP contribution in [0.15, 0.2) is 400 Å². The summed E-state index contributed by atoms with van der Waals surface area (Å²) in [4.78, 5) is 0. The average molecular weight is 1680 g/mol. The number of rotatable bonds is 46. The smallest absolute Gasteiger partial charge is 0.124 e. The van der Waals surface area contributed by atoms with Gasteiger partial charge in [0.15, 0.2) is 0 Å². The summed E-state index contributed by atoms with van der Waals surface area (Å²) in [6.45, 7) is 5.23. The van der Waals surface area contributed by atoms with Crippen LogP contribution in [0, 0.1) is 0 Å². The van der Waals surface area contributed by atoms with Crippen LogP contribution in [0.3, 0.4) is 0 Å². The first-order valence-corrected chi connectivity index (χ1v) is 42.7. The third-order valence-electron chi connectivity index (χ3n) is 20.6. The van der Waals surface area contributed by atoms with Crippen molar-refractivity contribution in [3.8, 4) is 80.5 Å². The molecule has 0 aliphatic rings. The van der Waals surface area contributed by atoms with Crippen molar-refractivity contribution in [3.05, 3.63) is 489 Å². The fraction of sp³-hybridized carbons (Fsp3) is 0.143. The second kappa shape index (κ2) is 45.2. The maximum Gasteiger partial charge on any atom is 0.124 e. The molecule has 0 bridgehead atoms. The molecule has 0 unspecified atom stereocenters. The summed E-state index contributed by atoms with van der Waals surface area (Å²) < 4.78 is 93.0. The van der Waals surface area contributed by atoms with Crippen molar-refractivity contribution >= 4 is 0 Å². The van der Waals surface area contributed by atoms with Gasteiger partial charge >= 0.3 is 0 Å². The molecule has 16 aromatic carbocycles. The molecule has 0 spiro atoms. The number of benzene rings is 16. The number of hydrogen-bond acceptors (Lipinski definition) is 14. The summed E-state index contributed by atoms with van der Waals surface area (Å²) in [5, 5.41) is 2.27. The lowest BCUT2D eigenvalue weighted by Crippen LogP contribution is -2.80. The van der Waals surface area contributed by atoms with Gasteiger partial charge in [0.2, 0.25) is 0 Å². The van der Waals surface area contributed by atoms with Gasteiger partial charge in [-0.05, 0) is 163 Å². The molecule has 127 heavy (non-hydrogen) atoms. The lowest BCUT2D eigenvalue weighted by atomic mass is 10.1. The van der Waals surface area contributed by atoms with E-state index in [-0.39, 0.29) is 39.6 Å². The number of quaternary nitrogens is 1. The molecule has 2 N–H and O–H groups in total. The summed E-state index contributed by atoms with van der Waals surface area (Å²) >= 11 is 0. The molecule has 0 radical (unpaired) electrons. The van der Waals surface area contributed by atoms with Gasteiger partial charge in [0.25, 0.3) is 0 Å². The quantitative estimate of drug-likeness (QED) is 0.0386. The minimum absolute atomic E-state index is 0.121. The molecule has 0 amide bonds. The van der Waals surface area contributed by atoms with E-state index < -0.39 is 0 Å². The molecule has 0 aliphatic heterocycles. The predicted molar refractivity (Wildman–Crippen MR) is 493 cm³/mol. The van der Waals surface area contributed by atoms with Crippen LogP contribution in [0.2, 0.25) is 0 Å². The molecule has 16 rings (SSSR count). The van der Waals surface area contributed by atoms with Crippen LogP contribution >= 0.6 is 0 Å². The molecule has 0 atom stereocenters. The molecule has 0 aromatic heterocycles. The van der Waals surface area contributed by atoms with Gasteiger partial charge < -0.3 is 71.6 Å². The zero-order valence-electron chi connectivity index (χ0n) is 70.7. The molecule has 0 fully saturated rings. The normalized spacial score (nSPS) is 10.9. The van der Waals surface area contributed by atoms with E-state index >= 15 is 0 Å². The summed E-state index contributed by atoms with van der Waals surface area (Å²) in [5.41, 5.74) is 15.4. The Bertz CT molecular complexity index is 5160. The SMILES string of the molecule is c1ccc(C[NH2+]Cc2cc(OCc3cc(OCc4cc(OCc5ccccc5)cc(OCc5ccccc5)c4)cc(OCc4cc(OCc5ccccc5)cc(OCc5ccccc5)c4)c3)cc(OCc3cc(OCc4cc(OCc5ccccc5)cc(OCc5ccccc5)c4)cc(OCc4cc(OCc5ccccc5)cc(OCc5ccccc5)c4)c3)c2)cc1. The topological polar surface area (TPSA) is 146 Å². The molecular formula is C112H100NO14+. The minimum atomic E-state index is 0.121. The Labute approximate surface area is 742 Å². The lowest BCUT2D eigenvalue weighted by Gasteiger charge is -2.17. The summed E-state index contributed by atoms with van der Waals surface area (Å²) in [6, 6.07) is 133. The van der Waals surface area contributed by atoms with Gasteiger partial charge in [-0.1, -0.05) is 273 Å². The molecule has 636 valence electrons. The van der Waals surface area contributed by atoms with Crippen LogP contribution in [0.1, 0.15) is 89.0 Å². The number of hydrogen-bond donors (Lipinski definition) is 1. The third-order valence-corrected chi connectivity index (χ3v) is 20.6. The Morgan fingerprint density at radius 2 is 0.220 bits per heavy atom. The van der Waals surface area contributed by atoms with Crippen LogP contribution in [-0.4, -0.2) is 0 Å². The first-order valence-electron chi connectivity index (χ1n) is 42.7. The van der Waals surface area contributed by atoms with E-state index in [4.69, 9.17) is 66.3 Å². The second-order valence-electron chi connectivity index (χ2n) is 30.8. The van der Waals surface area contributed by atoms with Crippen molar-refractivity contribution in [1.82, 2.24) is 0 Å². The zero-order valence-corrected chi connectivity index (χ0v) is 70.7. The summed E-state index contributed by atoms with van der Waals surface area (Å²) in [7, 11) is 0. The van der Waals surface area contributed by atoms with Gasteiger partial charge in [0.05, 0.1) is 0 Å². The molecule has 0 aliphatic carbocycles. The van der Waals surface area contributed by atoms with E-state index in [1.807, 2.05) is 364 Å². The van der Waals surface area contributed by atoms with Crippen LogP contribution in [0.25, 0.3) is 0 Å². The van der Waals surface area contributed by atoms with Gasteiger partial charge in [-0.15, -0.1) is 0 Å². The fourth-order valence-corrected chi connectivity index (χ4v) is 14.1. The highest BCUT2D eigenvalue weighted by atomic mass is 16.5. The van der Waals surface area contributed by atoms with E-state index in [2.05, 4.69) is 41.7 Å². The van der Waals surface area contributed by atoms with Crippen LogP contribution in [0.5, 0.6) is 80.5 Å². The Hall–Kier alpha value is -15.3. The lowest BCUT2D eigenvalue weighted by molar-refractivity contribution is -0.686.